The van der Waals surface area contributed by atoms with E-state index < -0.39 is 0 Å². The normalized spacial score (nSPS) is 10.9. The molecule has 0 aliphatic carbocycles. The molecule has 0 radical (unpaired) electrons. The largest absolute Gasteiger partial charge is 0.469 e. The molecule has 0 fully saturated rings. The van der Waals surface area contributed by atoms with E-state index in [2.05, 4.69) is 10.2 Å². The van der Waals surface area contributed by atoms with Crippen molar-refractivity contribution in [3.63, 3.8) is 0 Å². The van der Waals surface area contributed by atoms with E-state index in [9.17, 15) is 0 Å². The molecule has 2 rings (SSSR count). The van der Waals surface area contributed by atoms with E-state index in [1.165, 1.54) is 0 Å². The number of hydrogen-bond acceptors (Lipinski definition) is 4. The monoisotopic (exact) mass is 239 g/mol. The third kappa shape index (κ3) is 2.07. The predicted octanol–water partition coefficient (Wildman–Crippen LogP) is 2.16. The minimum absolute atomic E-state index is 0.589. The molecule has 5 nitrogen and oxygen atoms in total. The van der Waals surface area contributed by atoms with Gasteiger partial charge in [-0.3, -0.25) is 9.67 Å². The number of nitrogens with zero attached hydrogens (tertiary/aromatic N) is 2. The van der Waals surface area contributed by atoms with Crippen molar-refractivity contribution >= 4 is 12.2 Å². The van der Waals surface area contributed by atoms with Gasteiger partial charge in [0.1, 0.15) is 12.0 Å². The van der Waals surface area contributed by atoms with E-state index in [0.29, 0.717) is 17.9 Å². The van der Waals surface area contributed by atoms with Crippen molar-refractivity contribution in [3.8, 4) is 11.4 Å². The molecule has 0 saturated carbocycles. The van der Waals surface area contributed by atoms with Crippen LogP contribution in [0.25, 0.3) is 11.4 Å². The van der Waals surface area contributed by atoms with Crippen LogP contribution in [0.3, 0.4) is 0 Å². The Labute approximate surface area is 98.0 Å². The number of ether oxygens (including phenoxy) is 1. The minimum Gasteiger partial charge on any atom is -0.469 e. The number of aromatic amines is 1. The van der Waals surface area contributed by atoms with E-state index in [-0.39, 0.29) is 0 Å². The molecule has 0 bridgehead atoms. The van der Waals surface area contributed by atoms with Gasteiger partial charge in [-0.2, -0.15) is 5.10 Å². The summed E-state index contributed by atoms with van der Waals surface area (Å²) in [7, 11) is 1.66. The quantitative estimate of drug-likeness (QED) is 0.831. The Hall–Kier alpha value is -1.40. The summed E-state index contributed by atoms with van der Waals surface area (Å²) < 4.78 is 12.8. The fourth-order valence-corrected chi connectivity index (χ4v) is 1.71. The van der Waals surface area contributed by atoms with Crippen LogP contribution in [-0.2, 0) is 11.3 Å². The fraction of sp³-hybridized carbons (Fsp3) is 0.400. The van der Waals surface area contributed by atoms with Crippen LogP contribution in [0.1, 0.15) is 5.76 Å². The van der Waals surface area contributed by atoms with Crippen LogP contribution in [0.4, 0.5) is 0 Å². The van der Waals surface area contributed by atoms with Crippen LogP contribution < -0.4 is 0 Å². The Kier molecular flexibility index (Phi) is 3.21. The number of furan rings is 1. The molecule has 0 aliphatic heterocycles. The van der Waals surface area contributed by atoms with E-state index in [4.69, 9.17) is 21.4 Å². The lowest BCUT2D eigenvalue weighted by atomic mass is 10.3. The molecule has 0 atom stereocenters. The molecule has 6 heteroatoms. The summed E-state index contributed by atoms with van der Waals surface area (Å²) >= 11 is 5.15. The molecule has 0 amide bonds. The van der Waals surface area contributed by atoms with Gasteiger partial charge >= 0.3 is 0 Å². The highest BCUT2D eigenvalue weighted by atomic mass is 32.1. The Morgan fingerprint density at radius 3 is 3.06 bits per heavy atom. The van der Waals surface area contributed by atoms with Crippen molar-refractivity contribution in [3.05, 3.63) is 22.9 Å². The molecule has 16 heavy (non-hydrogen) atoms. The molecular weight excluding hydrogens is 226 g/mol. The number of methoxy groups -OCH3 is 1. The predicted molar refractivity (Wildman–Crippen MR) is 61.7 cm³/mol. The second kappa shape index (κ2) is 4.63. The molecule has 0 aromatic carbocycles. The Morgan fingerprint density at radius 1 is 1.62 bits per heavy atom. The van der Waals surface area contributed by atoms with Gasteiger partial charge in [-0.05, 0) is 25.2 Å². The van der Waals surface area contributed by atoms with Crippen molar-refractivity contribution in [2.45, 2.75) is 13.5 Å². The van der Waals surface area contributed by atoms with Crippen LogP contribution in [0.15, 0.2) is 16.7 Å². The number of aromatic nitrogens is 3. The van der Waals surface area contributed by atoms with Crippen molar-refractivity contribution < 1.29 is 9.15 Å². The van der Waals surface area contributed by atoms with Gasteiger partial charge in [0.05, 0.1) is 18.7 Å². The molecule has 0 spiro atoms. The Bertz CT molecular complexity index is 526. The highest BCUT2D eigenvalue weighted by Gasteiger charge is 2.10. The molecule has 1 N–H and O–H groups in total. The van der Waals surface area contributed by atoms with Crippen LogP contribution in [0.5, 0.6) is 0 Å². The van der Waals surface area contributed by atoms with E-state index in [1.54, 1.807) is 13.4 Å². The van der Waals surface area contributed by atoms with Crippen LogP contribution in [0, 0.1) is 11.7 Å². The molecule has 0 aliphatic rings. The topological polar surface area (TPSA) is 56.0 Å². The average Bonchev–Trinajstić information content (AvgIpc) is 2.82. The molecule has 2 aromatic heterocycles. The number of rotatable bonds is 4. The van der Waals surface area contributed by atoms with Crippen molar-refractivity contribution in [2.24, 2.45) is 0 Å². The summed E-state index contributed by atoms with van der Waals surface area (Å²) in [6.45, 7) is 3.16. The summed E-state index contributed by atoms with van der Waals surface area (Å²) in [5, 5.41) is 6.95. The summed E-state index contributed by atoms with van der Waals surface area (Å²) in [6, 6.07) is 1.92. The molecule has 86 valence electrons. The van der Waals surface area contributed by atoms with Crippen molar-refractivity contribution in [2.75, 3.05) is 13.7 Å². The maximum absolute atomic E-state index is 5.26. The molecule has 2 heterocycles. The summed E-state index contributed by atoms with van der Waals surface area (Å²) in [6.07, 6.45) is 1.67. The van der Waals surface area contributed by atoms with Gasteiger partial charge in [0.15, 0.2) is 10.6 Å². The highest BCUT2D eigenvalue weighted by Crippen LogP contribution is 2.19. The van der Waals surface area contributed by atoms with Crippen molar-refractivity contribution in [1.82, 2.24) is 14.8 Å². The standard InChI is InChI=1S/C10H13N3O2S/c1-7-5-8(6-15-7)9-11-12-10(16)13(9)3-4-14-2/h5-6H,3-4H2,1-2H3,(H,12,16). The molecule has 2 aromatic rings. The average molecular weight is 239 g/mol. The highest BCUT2D eigenvalue weighted by molar-refractivity contribution is 7.71. The number of aryl methyl sites for hydroxylation is 1. The second-order valence-corrected chi connectivity index (χ2v) is 3.83. The number of H-pyrrole nitrogens is 1. The van der Waals surface area contributed by atoms with E-state index >= 15 is 0 Å². The lowest BCUT2D eigenvalue weighted by Crippen LogP contribution is -2.05. The Balaban J connectivity index is 2.37. The zero-order chi connectivity index (χ0) is 11.5. The fourth-order valence-electron chi connectivity index (χ4n) is 1.49. The van der Waals surface area contributed by atoms with Gasteiger partial charge in [0.25, 0.3) is 0 Å². The van der Waals surface area contributed by atoms with Gasteiger partial charge in [0.2, 0.25) is 0 Å². The van der Waals surface area contributed by atoms with E-state index in [0.717, 1.165) is 17.1 Å². The summed E-state index contributed by atoms with van der Waals surface area (Å²) in [5.74, 6) is 1.63. The summed E-state index contributed by atoms with van der Waals surface area (Å²) in [5.41, 5.74) is 0.918. The van der Waals surface area contributed by atoms with Crippen molar-refractivity contribution in [1.29, 1.82) is 0 Å². The van der Waals surface area contributed by atoms with Crippen LogP contribution >= 0.6 is 12.2 Å². The zero-order valence-electron chi connectivity index (χ0n) is 9.19. The molecular formula is C10H13N3O2S. The van der Waals surface area contributed by atoms with Gasteiger partial charge < -0.3 is 9.15 Å². The van der Waals surface area contributed by atoms with Crippen LogP contribution in [0.2, 0.25) is 0 Å². The Morgan fingerprint density at radius 2 is 2.44 bits per heavy atom. The van der Waals surface area contributed by atoms with Gasteiger partial charge in [-0.25, -0.2) is 0 Å². The lowest BCUT2D eigenvalue weighted by molar-refractivity contribution is 0.187. The summed E-state index contributed by atoms with van der Waals surface area (Å²) in [4.78, 5) is 0. The number of nitrogens with one attached hydrogen (secondary N) is 1. The third-order valence-electron chi connectivity index (χ3n) is 2.27. The smallest absolute Gasteiger partial charge is 0.195 e. The molecule has 0 unspecified atom stereocenters. The minimum atomic E-state index is 0.589. The van der Waals surface area contributed by atoms with Gasteiger partial charge in [-0.15, -0.1) is 0 Å². The van der Waals surface area contributed by atoms with E-state index in [1.807, 2.05) is 17.6 Å². The first kappa shape index (κ1) is 11.1. The maximum atomic E-state index is 5.26. The van der Waals surface area contributed by atoms with Crippen LogP contribution in [-0.4, -0.2) is 28.5 Å². The lowest BCUT2D eigenvalue weighted by Gasteiger charge is -2.03. The molecule has 0 saturated heterocycles. The zero-order valence-corrected chi connectivity index (χ0v) is 10.0. The second-order valence-electron chi connectivity index (χ2n) is 3.44. The first-order chi connectivity index (χ1) is 7.72. The SMILES string of the molecule is COCCn1c(-c2coc(C)c2)n[nH]c1=S. The van der Waals surface area contributed by atoms with Gasteiger partial charge in [-0.1, -0.05) is 0 Å². The number of hydrogen-bond donors (Lipinski definition) is 1. The first-order valence-corrected chi connectivity index (χ1v) is 5.33. The third-order valence-corrected chi connectivity index (χ3v) is 2.58. The van der Waals surface area contributed by atoms with Gasteiger partial charge in [0, 0.05) is 7.11 Å². The maximum Gasteiger partial charge on any atom is 0.195 e. The first-order valence-electron chi connectivity index (χ1n) is 4.92.